The molecule has 0 bridgehead atoms. The van der Waals surface area contributed by atoms with Crippen LogP contribution in [0.25, 0.3) is 5.84 Å². The van der Waals surface area contributed by atoms with Crippen molar-refractivity contribution in [1.29, 1.82) is 0 Å². The van der Waals surface area contributed by atoms with Crippen molar-refractivity contribution in [3.05, 3.63) is 5.84 Å². The fraction of sp³-hybridized carbons (Fsp3) is 1.00. The van der Waals surface area contributed by atoms with Crippen molar-refractivity contribution >= 4 is 0 Å². The first-order chi connectivity index (χ1) is 3.31. The molecule has 0 saturated heterocycles. The Balaban J connectivity index is 2.83. The molecule has 0 amide bonds. The average Bonchev–Trinajstić information content (AvgIpc) is 1.68. The predicted molar refractivity (Wildman–Crippen MR) is 27.7 cm³/mol. The van der Waals surface area contributed by atoms with Crippen LogP contribution in [-0.2, 0) is 4.74 Å². The van der Waals surface area contributed by atoms with Crippen molar-refractivity contribution in [2.24, 2.45) is 0 Å². The Morgan fingerprint density at radius 2 is 2.29 bits per heavy atom. The minimum atomic E-state index is 0.483. The lowest BCUT2D eigenvalue weighted by molar-refractivity contribution is -0.867. The number of hydrogen-bond acceptors (Lipinski definition) is 1. The number of nitrogens with one attached hydrogen (secondary N) is 2. The maximum absolute atomic E-state index is 7.01. The van der Waals surface area contributed by atoms with Crippen molar-refractivity contribution in [3.63, 3.8) is 0 Å². The summed E-state index contributed by atoms with van der Waals surface area (Å²) in [6, 6.07) is 0. The lowest BCUT2D eigenvalue weighted by atomic mass is 10.7. The molecule has 1 unspecified atom stereocenters. The SMILES string of the molecule is CC[NH+]([NH-])COC. The van der Waals surface area contributed by atoms with Crippen LogP contribution >= 0.6 is 0 Å². The monoisotopic (exact) mass is 104 g/mol. The molecule has 3 heteroatoms. The molecule has 0 aromatic heterocycles. The van der Waals surface area contributed by atoms with Gasteiger partial charge in [0, 0.05) is 7.11 Å². The summed E-state index contributed by atoms with van der Waals surface area (Å²) in [5.74, 6) is 7.01. The highest BCUT2D eigenvalue weighted by molar-refractivity contribution is 4.07. The maximum atomic E-state index is 7.01. The largest absolute Gasteiger partial charge is 0.468 e. The van der Waals surface area contributed by atoms with Gasteiger partial charge in [-0.25, -0.2) is 0 Å². The summed E-state index contributed by atoms with van der Waals surface area (Å²) in [6.45, 7) is 3.23. The standard InChI is InChI=1S/C4H12N2O/c1-3-6(5)4-7-2/h5-6H,3-4H2,1-2H3. The van der Waals surface area contributed by atoms with Gasteiger partial charge in [0.05, 0.1) is 6.54 Å². The van der Waals surface area contributed by atoms with Crippen molar-refractivity contribution in [1.82, 2.24) is 0 Å². The zero-order valence-corrected chi connectivity index (χ0v) is 4.82. The molecule has 0 aromatic rings. The first-order valence-electron chi connectivity index (χ1n) is 2.36. The molecular weight excluding hydrogens is 92.1 g/mol. The highest BCUT2D eigenvalue weighted by atomic mass is 16.5. The molecule has 44 valence electrons. The Hall–Kier alpha value is -0.120. The third-order valence-corrected chi connectivity index (χ3v) is 0.745. The van der Waals surface area contributed by atoms with Gasteiger partial charge in [-0.05, 0) is 6.92 Å². The molecule has 0 heterocycles. The van der Waals surface area contributed by atoms with E-state index in [1.807, 2.05) is 6.92 Å². The molecule has 0 radical (unpaired) electrons. The summed E-state index contributed by atoms with van der Waals surface area (Å²) in [5, 5.41) is 0.655. The summed E-state index contributed by atoms with van der Waals surface area (Å²) >= 11 is 0. The first-order valence-corrected chi connectivity index (χ1v) is 2.36. The molecule has 1 atom stereocenters. The smallest absolute Gasteiger partial charge is 0.172 e. The van der Waals surface area contributed by atoms with Gasteiger partial charge in [0.1, 0.15) is 0 Å². The summed E-state index contributed by atoms with van der Waals surface area (Å²) < 4.78 is 4.67. The van der Waals surface area contributed by atoms with Crippen LogP contribution in [-0.4, -0.2) is 20.4 Å². The van der Waals surface area contributed by atoms with Crippen LogP contribution in [0.15, 0.2) is 0 Å². The second kappa shape index (κ2) is 4.05. The third-order valence-electron chi connectivity index (χ3n) is 0.745. The van der Waals surface area contributed by atoms with Gasteiger partial charge in [0.2, 0.25) is 0 Å². The summed E-state index contributed by atoms with van der Waals surface area (Å²) in [7, 11) is 1.60. The van der Waals surface area contributed by atoms with Crippen LogP contribution in [0.4, 0.5) is 0 Å². The number of quaternary nitrogens is 1. The van der Waals surface area contributed by atoms with Crippen molar-refractivity contribution in [2.75, 3.05) is 20.4 Å². The van der Waals surface area contributed by atoms with Crippen LogP contribution in [0.5, 0.6) is 0 Å². The van der Waals surface area contributed by atoms with Gasteiger partial charge in [0.15, 0.2) is 6.73 Å². The molecule has 7 heavy (non-hydrogen) atoms. The van der Waals surface area contributed by atoms with Crippen LogP contribution < -0.4 is 5.01 Å². The Morgan fingerprint density at radius 1 is 1.71 bits per heavy atom. The van der Waals surface area contributed by atoms with Crippen LogP contribution in [0.1, 0.15) is 6.92 Å². The number of methoxy groups -OCH3 is 1. The number of rotatable bonds is 3. The molecule has 0 aliphatic heterocycles. The van der Waals surface area contributed by atoms with Gasteiger partial charge in [0.25, 0.3) is 0 Å². The van der Waals surface area contributed by atoms with Gasteiger partial charge in [-0.3, -0.25) is 0 Å². The second-order valence-electron chi connectivity index (χ2n) is 1.39. The Kier molecular flexibility index (Phi) is 3.98. The molecule has 0 saturated carbocycles. The van der Waals surface area contributed by atoms with E-state index < -0.39 is 0 Å². The highest BCUT2D eigenvalue weighted by Gasteiger charge is 1.83. The number of hydrogen-bond donors (Lipinski definition) is 1. The molecule has 0 aromatic carbocycles. The molecule has 0 aliphatic rings. The average molecular weight is 104 g/mol. The van der Waals surface area contributed by atoms with Gasteiger partial charge in [-0.2, -0.15) is 0 Å². The van der Waals surface area contributed by atoms with E-state index in [1.165, 1.54) is 0 Å². The van der Waals surface area contributed by atoms with E-state index in [9.17, 15) is 0 Å². The second-order valence-corrected chi connectivity index (χ2v) is 1.39. The van der Waals surface area contributed by atoms with E-state index in [0.717, 1.165) is 6.54 Å². The van der Waals surface area contributed by atoms with E-state index in [2.05, 4.69) is 4.74 Å². The van der Waals surface area contributed by atoms with Crippen LogP contribution in [0.3, 0.4) is 0 Å². The summed E-state index contributed by atoms with van der Waals surface area (Å²) in [6.07, 6.45) is 0. The van der Waals surface area contributed by atoms with E-state index in [1.54, 1.807) is 7.11 Å². The predicted octanol–water partition coefficient (Wildman–Crippen LogP) is -0.538. The zero-order chi connectivity index (χ0) is 5.70. The van der Waals surface area contributed by atoms with E-state index in [-0.39, 0.29) is 0 Å². The lowest BCUT2D eigenvalue weighted by Gasteiger charge is -2.16. The van der Waals surface area contributed by atoms with Gasteiger partial charge in [-0.1, -0.05) is 0 Å². The minimum absolute atomic E-state index is 0.483. The van der Waals surface area contributed by atoms with Gasteiger partial charge >= 0.3 is 0 Å². The normalized spacial score (nSPS) is 14.1. The molecule has 0 aliphatic carbocycles. The van der Waals surface area contributed by atoms with Crippen LogP contribution in [0, 0.1) is 0 Å². The van der Waals surface area contributed by atoms with Gasteiger partial charge < -0.3 is 15.6 Å². The van der Waals surface area contributed by atoms with E-state index >= 15 is 0 Å². The Labute approximate surface area is 44.0 Å². The quantitative estimate of drug-likeness (QED) is 0.379. The Bertz CT molecular complexity index is 40.7. The molecular formula is C4H12N2O. The summed E-state index contributed by atoms with van der Waals surface area (Å²) in [5.41, 5.74) is 0. The van der Waals surface area contributed by atoms with Crippen molar-refractivity contribution in [2.45, 2.75) is 6.92 Å². The Morgan fingerprint density at radius 3 is 2.43 bits per heavy atom. The third kappa shape index (κ3) is 3.72. The molecule has 3 nitrogen and oxygen atoms in total. The van der Waals surface area contributed by atoms with Gasteiger partial charge in [-0.15, -0.1) is 0 Å². The number of ether oxygens (including phenoxy) is 1. The molecule has 0 rings (SSSR count). The first kappa shape index (κ1) is 6.88. The van der Waals surface area contributed by atoms with Crippen molar-refractivity contribution < 1.29 is 9.75 Å². The van der Waals surface area contributed by atoms with E-state index in [4.69, 9.17) is 5.84 Å². The van der Waals surface area contributed by atoms with Crippen molar-refractivity contribution in [3.8, 4) is 0 Å². The van der Waals surface area contributed by atoms with Crippen LogP contribution in [0.2, 0.25) is 0 Å². The summed E-state index contributed by atoms with van der Waals surface area (Å²) in [4.78, 5) is 0. The highest BCUT2D eigenvalue weighted by Crippen LogP contribution is 1.49. The lowest BCUT2D eigenvalue weighted by Crippen LogP contribution is -3.05. The molecule has 0 spiro atoms. The van der Waals surface area contributed by atoms with E-state index in [0.29, 0.717) is 11.7 Å². The zero-order valence-electron chi connectivity index (χ0n) is 4.82. The molecule has 0 fully saturated rings. The topological polar surface area (TPSA) is 37.5 Å². The fourth-order valence-electron chi connectivity index (χ4n) is 0.276. The fourth-order valence-corrected chi connectivity index (χ4v) is 0.276. The molecule has 2 N–H and O–H groups in total. The maximum Gasteiger partial charge on any atom is 0.172 e. The minimum Gasteiger partial charge on any atom is -0.468 e.